The van der Waals surface area contributed by atoms with Crippen molar-refractivity contribution in [3.05, 3.63) is 57.9 Å². The van der Waals surface area contributed by atoms with Crippen molar-refractivity contribution in [1.82, 2.24) is 4.98 Å². The summed E-state index contributed by atoms with van der Waals surface area (Å²) in [5.41, 5.74) is 1.24. The Balaban J connectivity index is 2.08. The van der Waals surface area contributed by atoms with Gasteiger partial charge in [0.2, 0.25) is 0 Å². The first-order valence-corrected chi connectivity index (χ1v) is 8.35. The van der Waals surface area contributed by atoms with Crippen LogP contribution in [-0.4, -0.2) is 15.8 Å². The van der Waals surface area contributed by atoms with Crippen molar-refractivity contribution in [2.45, 2.75) is 0 Å². The van der Waals surface area contributed by atoms with E-state index in [0.29, 0.717) is 5.69 Å². The summed E-state index contributed by atoms with van der Waals surface area (Å²) in [4.78, 5) is 18.0. The van der Waals surface area contributed by atoms with E-state index in [2.05, 4.69) is 27.4 Å². The van der Waals surface area contributed by atoms with Gasteiger partial charge in [-0.25, -0.2) is 0 Å². The molecule has 0 fully saturated rings. The van der Waals surface area contributed by atoms with Crippen molar-refractivity contribution in [1.29, 1.82) is 0 Å². The van der Waals surface area contributed by atoms with Crippen LogP contribution >= 0.6 is 0 Å². The summed E-state index contributed by atoms with van der Waals surface area (Å²) in [6, 6.07) is 13.3. The minimum absolute atomic E-state index is 0.106. The molecular weight excluding hydrogens is 327 g/mol. The van der Waals surface area contributed by atoms with Gasteiger partial charge < -0.3 is 0 Å². The predicted molar refractivity (Wildman–Crippen MR) is 63.3 cm³/mol. The Labute approximate surface area is 111 Å². The summed E-state index contributed by atoms with van der Waals surface area (Å²) in [6.45, 7) is 0. The second-order valence-corrected chi connectivity index (χ2v) is 5.69. The van der Waals surface area contributed by atoms with Gasteiger partial charge in [0.15, 0.2) is 0 Å². The van der Waals surface area contributed by atoms with Crippen LogP contribution in [0.2, 0.25) is 0 Å². The first-order chi connectivity index (χ1) is 8.29. The van der Waals surface area contributed by atoms with Gasteiger partial charge in [-0.15, -0.1) is 0 Å². The van der Waals surface area contributed by atoms with Gasteiger partial charge in [-0.3, -0.25) is 0 Å². The molecule has 1 aromatic heterocycles. The van der Waals surface area contributed by atoms with Gasteiger partial charge in [-0.2, -0.15) is 0 Å². The fourth-order valence-corrected chi connectivity index (χ4v) is 2.43. The molecule has 4 heteroatoms. The number of hydrogen-bond acceptors (Lipinski definition) is 2. The maximum absolute atomic E-state index is 11.8. The van der Waals surface area contributed by atoms with E-state index < -0.39 is 0 Å². The number of nitrogens with zero attached hydrogens (tertiary/aromatic N) is 1. The summed E-state index contributed by atoms with van der Waals surface area (Å²) in [5, 5.41) is 2.82. The summed E-state index contributed by atoms with van der Waals surface area (Å²) in [6.07, 6.45) is 1.61. The van der Waals surface area contributed by atoms with Crippen LogP contribution < -0.4 is 26.5 Å². The van der Waals surface area contributed by atoms with E-state index in [1.807, 2.05) is 12.1 Å². The molecule has 88 valence electrons. The van der Waals surface area contributed by atoms with Crippen LogP contribution in [0.1, 0.15) is 10.5 Å². The van der Waals surface area contributed by atoms with Crippen LogP contribution in [0.3, 0.4) is 0 Å². The van der Waals surface area contributed by atoms with Crippen molar-refractivity contribution >= 4 is 11.6 Å². The molecule has 2 rings (SSSR count). The fourth-order valence-electron chi connectivity index (χ4n) is 1.35. The normalized spacial score (nSPS) is 10.2. The number of rotatable bonds is 3. The molecule has 1 N–H and O–H groups in total. The molecule has 2 aromatic rings. The number of pyridine rings is 1. The molecule has 0 spiro atoms. The van der Waals surface area contributed by atoms with Crippen molar-refractivity contribution in [2.24, 2.45) is 0 Å². The Bertz CT molecular complexity index is 497. The van der Waals surface area contributed by atoms with Gasteiger partial charge in [0.05, 0.1) is 0 Å². The Hall–Kier alpha value is -1.43. The molecule has 3 nitrogen and oxygen atoms in total. The average Bonchev–Trinajstić information content (AvgIpc) is 2.40. The number of aromatic nitrogens is 1. The first kappa shape index (κ1) is 12.0. The monoisotopic (exact) mass is 339 g/mol. The molecular formula is C13H12IN2O-. The zero-order valence-corrected chi connectivity index (χ0v) is 11.5. The summed E-state index contributed by atoms with van der Waals surface area (Å²) in [5.74, 6) is -0.176. The first-order valence-electron chi connectivity index (χ1n) is 5.11. The maximum atomic E-state index is 11.8. The van der Waals surface area contributed by atoms with Gasteiger partial charge in [-0.05, 0) is 0 Å². The molecule has 1 heterocycles. The second-order valence-electron chi connectivity index (χ2n) is 3.36. The molecule has 17 heavy (non-hydrogen) atoms. The Morgan fingerprint density at radius 2 is 1.94 bits per heavy atom. The van der Waals surface area contributed by atoms with Crippen molar-refractivity contribution in [3.63, 3.8) is 0 Å². The van der Waals surface area contributed by atoms with E-state index in [0.717, 1.165) is 5.69 Å². The fraction of sp³-hybridized carbons (Fsp3) is 0.0769. The van der Waals surface area contributed by atoms with Gasteiger partial charge in [-0.1, -0.05) is 0 Å². The van der Waals surface area contributed by atoms with Gasteiger partial charge in [0, 0.05) is 0 Å². The Morgan fingerprint density at radius 3 is 2.53 bits per heavy atom. The third kappa shape index (κ3) is 3.26. The Kier molecular flexibility index (Phi) is 4.08. The van der Waals surface area contributed by atoms with E-state index in [-0.39, 0.29) is 27.1 Å². The number of carbonyl (C=O) groups is 1. The SMILES string of the molecule is C[I-]c1ccc(NC(=O)c2ccccn2)cc1. The van der Waals surface area contributed by atoms with E-state index >= 15 is 0 Å². The molecule has 0 aliphatic rings. The number of halogens is 1. The summed E-state index contributed by atoms with van der Waals surface area (Å²) in [7, 11) is 0. The van der Waals surface area contributed by atoms with Gasteiger partial charge in [0.1, 0.15) is 0 Å². The summed E-state index contributed by atoms with van der Waals surface area (Å²) >= 11 is 0.106. The molecule has 0 atom stereocenters. The molecule has 0 bridgehead atoms. The number of alkyl halides is 1. The van der Waals surface area contributed by atoms with Crippen LogP contribution in [0.15, 0.2) is 48.7 Å². The standard InChI is InChI=1S/C13H12IN2O/c1-14-10-5-7-11(8-6-10)16-13(17)12-4-2-3-9-15-12/h2-9H,1H3,(H,16,17)/q-1. The third-order valence-corrected chi connectivity index (χ3v) is 4.18. The van der Waals surface area contributed by atoms with Crippen LogP contribution in [0.5, 0.6) is 0 Å². The molecule has 0 unspecified atom stereocenters. The zero-order chi connectivity index (χ0) is 12.1. The van der Waals surface area contributed by atoms with Crippen LogP contribution in [0, 0.1) is 3.57 Å². The number of nitrogens with one attached hydrogen (secondary N) is 1. The van der Waals surface area contributed by atoms with Crippen molar-refractivity contribution in [3.8, 4) is 0 Å². The topological polar surface area (TPSA) is 42.0 Å². The Morgan fingerprint density at radius 1 is 1.18 bits per heavy atom. The van der Waals surface area contributed by atoms with Crippen LogP contribution in [-0.2, 0) is 0 Å². The quantitative estimate of drug-likeness (QED) is 0.589. The van der Waals surface area contributed by atoms with Crippen molar-refractivity contribution < 1.29 is 26.0 Å². The molecule has 0 saturated carbocycles. The minimum atomic E-state index is -0.176. The van der Waals surface area contributed by atoms with Crippen LogP contribution in [0.4, 0.5) is 5.69 Å². The van der Waals surface area contributed by atoms with Crippen molar-refractivity contribution in [2.75, 3.05) is 10.2 Å². The third-order valence-electron chi connectivity index (χ3n) is 2.22. The molecule has 1 amide bonds. The summed E-state index contributed by atoms with van der Waals surface area (Å²) < 4.78 is 1.36. The van der Waals surface area contributed by atoms with E-state index in [9.17, 15) is 4.79 Å². The van der Waals surface area contributed by atoms with E-state index in [1.165, 1.54) is 3.57 Å². The molecule has 0 aliphatic carbocycles. The zero-order valence-electron chi connectivity index (χ0n) is 9.35. The van der Waals surface area contributed by atoms with Crippen LogP contribution in [0.25, 0.3) is 0 Å². The molecule has 1 aromatic carbocycles. The second kappa shape index (κ2) is 5.77. The van der Waals surface area contributed by atoms with Gasteiger partial charge in [0.25, 0.3) is 0 Å². The number of hydrogen-bond donors (Lipinski definition) is 1. The van der Waals surface area contributed by atoms with E-state index in [4.69, 9.17) is 0 Å². The average molecular weight is 339 g/mol. The molecule has 0 aliphatic heterocycles. The van der Waals surface area contributed by atoms with Gasteiger partial charge >= 0.3 is 111 Å². The van der Waals surface area contributed by atoms with E-state index in [1.54, 1.807) is 24.4 Å². The number of carbonyl (C=O) groups excluding carboxylic acids is 1. The molecule has 0 radical (unpaired) electrons. The predicted octanol–water partition coefficient (Wildman–Crippen LogP) is -0.778. The number of benzene rings is 1. The number of anilines is 1. The molecule has 0 saturated heterocycles. The number of amides is 1.